The molecule has 2 fully saturated rings. The first-order chi connectivity index (χ1) is 9.35. The van der Waals surface area contributed by atoms with E-state index < -0.39 is 0 Å². The lowest BCUT2D eigenvalue weighted by atomic mass is 10.1. The number of rotatable bonds is 6. The molecule has 0 aromatic carbocycles. The van der Waals surface area contributed by atoms with E-state index in [0.29, 0.717) is 24.3 Å². The zero-order valence-electron chi connectivity index (χ0n) is 11.4. The summed E-state index contributed by atoms with van der Waals surface area (Å²) in [5.41, 5.74) is 0. The van der Waals surface area contributed by atoms with Gasteiger partial charge in [0, 0.05) is 31.1 Å². The molecular weight excluding hydrogens is 242 g/mol. The lowest BCUT2D eigenvalue weighted by molar-refractivity contribution is 0.165. The standard InChI is InChI=1S/C14H21N3O2/c1-2-15-12-7-13(17-14(16-12)11-3-4-11)19-9-10-5-6-18-8-10/h7,10-11H,2-6,8-9H2,1H3,(H,15,16,17). The molecule has 5 heteroatoms. The highest BCUT2D eigenvalue weighted by Gasteiger charge is 2.27. The van der Waals surface area contributed by atoms with Gasteiger partial charge in [-0.05, 0) is 26.2 Å². The van der Waals surface area contributed by atoms with Crippen molar-refractivity contribution in [2.75, 3.05) is 31.7 Å². The van der Waals surface area contributed by atoms with Crippen molar-refractivity contribution in [2.45, 2.75) is 32.1 Å². The molecule has 2 heterocycles. The minimum atomic E-state index is 0.502. The van der Waals surface area contributed by atoms with Crippen LogP contribution in [0.25, 0.3) is 0 Å². The van der Waals surface area contributed by atoms with Crippen LogP contribution >= 0.6 is 0 Å². The van der Waals surface area contributed by atoms with Crippen molar-refractivity contribution in [1.29, 1.82) is 0 Å². The smallest absolute Gasteiger partial charge is 0.218 e. The zero-order valence-corrected chi connectivity index (χ0v) is 11.4. The molecule has 1 N–H and O–H groups in total. The fraction of sp³-hybridized carbons (Fsp3) is 0.714. The first-order valence-electron chi connectivity index (χ1n) is 7.18. The van der Waals surface area contributed by atoms with Crippen LogP contribution < -0.4 is 10.1 Å². The highest BCUT2D eigenvalue weighted by atomic mass is 16.5. The molecule has 1 aromatic rings. The third-order valence-electron chi connectivity index (χ3n) is 3.51. The lowest BCUT2D eigenvalue weighted by Crippen LogP contribution is -2.13. The van der Waals surface area contributed by atoms with Crippen LogP contribution in [0.4, 0.5) is 5.82 Å². The van der Waals surface area contributed by atoms with E-state index in [-0.39, 0.29) is 0 Å². The van der Waals surface area contributed by atoms with Crippen LogP contribution in [-0.4, -0.2) is 36.3 Å². The highest BCUT2D eigenvalue weighted by molar-refractivity contribution is 5.39. The average Bonchev–Trinajstić information content (AvgIpc) is 3.14. The molecule has 1 aliphatic carbocycles. The van der Waals surface area contributed by atoms with Gasteiger partial charge in [0.05, 0.1) is 13.2 Å². The summed E-state index contributed by atoms with van der Waals surface area (Å²) in [4.78, 5) is 9.06. The van der Waals surface area contributed by atoms with Gasteiger partial charge in [0.15, 0.2) is 0 Å². The molecule has 5 nitrogen and oxygen atoms in total. The Balaban J connectivity index is 1.67. The highest BCUT2D eigenvalue weighted by Crippen LogP contribution is 2.39. The molecule has 0 bridgehead atoms. The first kappa shape index (κ1) is 12.7. The molecule has 1 aliphatic heterocycles. The fourth-order valence-electron chi connectivity index (χ4n) is 2.23. The van der Waals surface area contributed by atoms with Crippen LogP contribution in [0.1, 0.15) is 37.9 Å². The van der Waals surface area contributed by atoms with Crippen molar-refractivity contribution in [3.63, 3.8) is 0 Å². The Labute approximate surface area is 113 Å². The Bertz CT molecular complexity index is 429. The number of nitrogens with zero attached hydrogens (tertiary/aromatic N) is 2. The van der Waals surface area contributed by atoms with Crippen LogP contribution in [0, 0.1) is 5.92 Å². The van der Waals surface area contributed by atoms with Crippen molar-refractivity contribution < 1.29 is 9.47 Å². The van der Waals surface area contributed by atoms with Crippen LogP contribution in [0.3, 0.4) is 0 Å². The predicted molar refractivity (Wildman–Crippen MR) is 72.6 cm³/mol. The largest absolute Gasteiger partial charge is 0.477 e. The summed E-state index contributed by atoms with van der Waals surface area (Å²) in [6.45, 7) is 5.27. The molecule has 1 unspecified atom stereocenters. The topological polar surface area (TPSA) is 56.3 Å². The van der Waals surface area contributed by atoms with Crippen molar-refractivity contribution in [2.24, 2.45) is 5.92 Å². The van der Waals surface area contributed by atoms with E-state index in [1.165, 1.54) is 12.8 Å². The van der Waals surface area contributed by atoms with Crippen molar-refractivity contribution >= 4 is 5.82 Å². The van der Waals surface area contributed by atoms with Crippen LogP contribution in [-0.2, 0) is 4.74 Å². The molecule has 3 rings (SSSR count). The summed E-state index contributed by atoms with van der Waals surface area (Å²) in [7, 11) is 0. The predicted octanol–water partition coefficient (Wildman–Crippen LogP) is 2.20. The van der Waals surface area contributed by atoms with E-state index in [1.54, 1.807) is 0 Å². The van der Waals surface area contributed by atoms with E-state index in [2.05, 4.69) is 22.2 Å². The number of anilines is 1. The van der Waals surface area contributed by atoms with E-state index in [9.17, 15) is 0 Å². The zero-order chi connectivity index (χ0) is 13.1. The molecular formula is C14H21N3O2. The summed E-state index contributed by atoms with van der Waals surface area (Å²) in [5, 5.41) is 3.24. The Morgan fingerprint density at radius 1 is 1.37 bits per heavy atom. The summed E-state index contributed by atoms with van der Waals surface area (Å²) >= 11 is 0. The van der Waals surface area contributed by atoms with E-state index >= 15 is 0 Å². The summed E-state index contributed by atoms with van der Waals surface area (Å²) < 4.78 is 11.2. The van der Waals surface area contributed by atoms with Gasteiger partial charge in [-0.15, -0.1) is 0 Å². The first-order valence-corrected chi connectivity index (χ1v) is 7.18. The molecule has 19 heavy (non-hydrogen) atoms. The van der Waals surface area contributed by atoms with Gasteiger partial charge in [-0.3, -0.25) is 0 Å². The van der Waals surface area contributed by atoms with Gasteiger partial charge in [-0.2, -0.15) is 4.98 Å². The van der Waals surface area contributed by atoms with Crippen LogP contribution in [0.2, 0.25) is 0 Å². The Morgan fingerprint density at radius 3 is 2.95 bits per heavy atom. The van der Waals surface area contributed by atoms with Gasteiger partial charge in [0.1, 0.15) is 11.6 Å². The molecule has 104 valence electrons. The summed E-state index contributed by atoms with van der Waals surface area (Å²) in [6.07, 6.45) is 3.48. The van der Waals surface area contributed by atoms with Gasteiger partial charge in [0.2, 0.25) is 5.88 Å². The molecule has 1 atom stereocenters. The molecule has 1 saturated carbocycles. The van der Waals surface area contributed by atoms with Gasteiger partial charge in [-0.1, -0.05) is 0 Å². The molecule has 0 radical (unpaired) electrons. The molecule has 1 saturated heterocycles. The maximum absolute atomic E-state index is 5.82. The molecule has 1 aromatic heterocycles. The Morgan fingerprint density at radius 2 is 2.26 bits per heavy atom. The third-order valence-corrected chi connectivity index (χ3v) is 3.51. The van der Waals surface area contributed by atoms with Crippen LogP contribution in [0.5, 0.6) is 5.88 Å². The Kier molecular flexibility index (Phi) is 3.82. The number of nitrogens with one attached hydrogen (secondary N) is 1. The second-order valence-electron chi connectivity index (χ2n) is 5.29. The second-order valence-corrected chi connectivity index (χ2v) is 5.29. The fourth-order valence-corrected chi connectivity index (χ4v) is 2.23. The quantitative estimate of drug-likeness (QED) is 0.852. The minimum absolute atomic E-state index is 0.502. The van der Waals surface area contributed by atoms with E-state index in [4.69, 9.17) is 9.47 Å². The van der Waals surface area contributed by atoms with Crippen molar-refractivity contribution in [3.05, 3.63) is 11.9 Å². The van der Waals surface area contributed by atoms with E-state index in [0.717, 1.165) is 37.8 Å². The van der Waals surface area contributed by atoms with E-state index in [1.807, 2.05) is 6.07 Å². The summed E-state index contributed by atoms with van der Waals surface area (Å²) in [5.74, 6) is 3.53. The maximum Gasteiger partial charge on any atom is 0.218 e. The minimum Gasteiger partial charge on any atom is -0.477 e. The SMILES string of the molecule is CCNc1cc(OCC2CCOC2)nc(C2CC2)n1. The lowest BCUT2D eigenvalue weighted by Gasteiger charge is -2.12. The average molecular weight is 263 g/mol. The van der Waals surface area contributed by atoms with Crippen molar-refractivity contribution in [1.82, 2.24) is 9.97 Å². The number of aromatic nitrogens is 2. The Hall–Kier alpha value is -1.36. The van der Waals surface area contributed by atoms with Gasteiger partial charge < -0.3 is 14.8 Å². The van der Waals surface area contributed by atoms with Crippen LogP contribution in [0.15, 0.2) is 6.07 Å². The van der Waals surface area contributed by atoms with Gasteiger partial charge in [-0.25, -0.2) is 4.98 Å². The number of hydrogen-bond acceptors (Lipinski definition) is 5. The molecule has 2 aliphatic rings. The number of ether oxygens (including phenoxy) is 2. The maximum atomic E-state index is 5.82. The summed E-state index contributed by atoms with van der Waals surface area (Å²) in [6, 6.07) is 1.89. The van der Waals surface area contributed by atoms with Crippen molar-refractivity contribution in [3.8, 4) is 5.88 Å². The normalized spacial score (nSPS) is 22.5. The molecule has 0 amide bonds. The second kappa shape index (κ2) is 5.74. The van der Waals surface area contributed by atoms with Gasteiger partial charge in [0.25, 0.3) is 0 Å². The third kappa shape index (κ3) is 3.35. The van der Waals surface area contributed by atoms with Gasteiger partial charge >= 0.3 is 0 Å². The number of hydrogen-bond donors (Lipinski definition) is 1. The monoisotopic (exact) mass is 263 g/mol. The molecule has 0 spiro atoms.